The van der Waals surface area contributed by atoms with Crippen LogP contribution in [-0.2, 0) is 14.8 Å². The predicted molar refractivity (Wildman–Crippen MR) is 74.5 cm³/mol. The van der Waals surface area contributed by atoms with E-state index < -0.39 is 15.8 Å². The number of aryl methyl sites for hydroxylation is 1. The van der Waals surface area contributed by atoms with E-state index in [1.54, 1.807) is 6.92 Å². The van der Waals surface area contributed by atoms with Crippen LogP contribution in [-0.4, -0.2) is 28.2 Å². The van der Waals surface area contributed by atoms with Gasteiger partial charge in [-0.05, 0) is 55.9 Å². The molecule has 20 heavy (non-hydrogen) atoms. The Labute approximate surface area is 119 Å². The van der Waals surface area contributed by atoms with Crippen molar-refractivity contribution >= 4 is 10.0 Å². The lowest BCUT2D eigenvalue weighted by molar-refractivity contribution is 0.0523. The average Bonchev–Trinajstić information content (AvgIpc) is 2.39. The third-order valence-corrected chi connectivity index (χ3v) is 5.15. The van der Waals surface area contributed by atoms with Crippen molar-refractivity contribution in [2.75, 3.05) is 19.8 Å². The summed E-state index contributed by atoms with van der Waals surface area (Å²) in [7, 11) is -3.57. The summed E-state index contributed by atoms with van der Waals surface area (Å²) in [6.07, 6.45) is 2.88. The van der Waals surface area contributed by atoms with E-state index in [1.165, 1.54) is 12.1 Å². The van der Waals surface area contributed by atoms with Crippen LogP contribution in [0, 0.1) is 18.7 Å². The highest BCUT2D eigenvalue weighted by atomic mass is 32.2. The van der Waals surface area contributed by atoms with Crippen molar-refractivity contribution in [3.8, 4) is 0 Å². The highest BCUT2D eigenvalue weighted by Crippen LogP contribution is 2.18. The molecule has 0 bridgehead atoms. The zero-order chi connectivity index (χ0) is 14.6. The van der Waals surface area contributed by atoms with Crippen molar-refractivity contribution in [1.82, 2.24) is 4.72 Å². The van der Waals surface area contributed by atoms with Gasteiger partial charge in [0.15, 0.2) is 0 Å². The Balaban J connectivity index is 1.93. The summed E-state index contributed by atoms with van der Waals surface area (Å²) in [6, 6.07) is 3.69. The molecule has 1 aliphatic rings. The molecule has 0 radical (unpaired) electrons. The van der Waals surface area contributed by atoms with Crippen molar-refractivity contribution in [3.05, 3.63) is 29.6 Å². The fourth-order valence-electron chi connectivity index (χ4n) is 2.42. The van der Waals surface area contributed by atoms with Crippen molar-refractivity contribution < 1.29 is 17.5 Å². The summed E-state index contributed by atoms with van der Waals surface area (Å²) in [5.74, 6) is -0.0124. The smallest absolute Gasteiger partial charge is 0.240 e. The second kappa shape index (κ2) is 6.65. The molecule has 0 amide bonds. The van der Waals surface area contributed by atoms with Crippen LogP contribution >= 0.6 is 0 Å². The largest absolute Gasteiger partial charge is 0.381 e. The van der Waals surface area contributed by atoms with Crippen LogP contribution in [0.2, 0.25) is 0 Å². The molecular weight excluding hydrogens is 281 g/mol. The van der Waals surface area contributed by atoms with Crippen molar-refractivity contribution in [2.45, 2.75) is 31.1 Å². The van der Waals surface area contributed by atoms with Crippen molar-refractivity contribution in [3.63, 3.8) is 0 Å². The summed E-state index contributed by atoms with van der Waals surface area (Å²) in [6.45, 7) is 3.48. The maximum absolute atomic E-state index is 13.0. The molecule has 6 heteroatoms. The van der Waals surface area contributed by atoms with Gasteiger partial charge in [0, 0.05) is 19.8 Å². The molecule has 0 spiro atoms. The molecule has 1 aliphatic heterocycles. The summed E-state index contributed by atoms with van der Waals surface area (Å²) in [4.78, 5) is 0.138. The van der Waals surface area contributed by atoms with E-state index in [4.69, 9.17) is 4.74 Å². The van der Waals surface area contributed by atoms with Gasteiger partial charge < -0.3 is 4.74 Å². The standard InChI is InChI=1S/C14H20FNO3S/c1-11-9-13(15)4-5-14(11)20(17,18)16-7-6-12-3-2-8-19-10-12/h4-5,9,12,16H,2-3,6-8,10H2,1H3. The first-order valence-corrected chi connectivity index (χ1v) is 8.31. The van der Waals surface area contributed by atoms with E-state index in [-0.39, 0.29) is 4.90 Å². The first-order valence-electron chi connectivity index (χ1n) is 6.82. The highest BCUT2D eigenvalue weighted by molar-refractivity contribution is 7.89. The summed E-state index contributed by atoms with van der Waals surface area (Å²) in [5, 5.41) is 0. The molecule has 1 heterocycles. The molecule has 112 valence electrons. The second-order valence-electron chi connectivity index (χ2n) is 5.18. The topological polar surface area (TPSA) is 55.4 Å². The maximum Gasteiger partial charge on any atom is 0.240 e. The van der Waals surface area contributed by atoms with Gasteiger partial charge in [0.2, 0.25) is 10.0 Å². The maximum atomic E-state index is 13.0. The molecule has 1 unspecified atom stereocenters. The fraction of sp³-hybridized carbons (Fsp3) is 0.571. The molecule has 1 N–H and O–H groups in total. The lowest BCUT2D eigenvalue weighted by Crippen LogP contribution is -2.28. The number of benzene rings is 1. The Hall–Kier alpha value is -0.980. The van der Waals surface area contributed by atoms with Gasteiger partial charge in [0.05, 0.1) is 4.90 Å². The predicted octanol–water partition coefficient (Wildman–Crippen LogP) is 2.23. The van der Waals surface area contributed by atoms with Crippen LogP contribution in [0.4, 0.5) is 4.39 Å². The van der Waals surface area contributed by atoms with Crippen LogP contribution in [0.1, 0.15) is 24.8 Å². The minimum Gasteiger partial charge on any atom is -0.381 e. The zero-order valence-electron chi connectivity index (χ0n) is 11.6. The fourth-order valence-corrected chi connectivity index (χ4v) is 3.70. The van der Waals surface area contributed by atoms with Crippen molar-refractivity contribution in [1.29, 1.82) is 0 Å². The number of rotatable bonds is 5. The van der Waals surface area contributed by atoms with Gasteiger partial charge >= 0.3 is 0 Å². The minimum atomic E-state index is -3.57. The first kappa shape index (κ1) is 15.4. The number of halogens is 1. The molecule has 0 aromatic heterocycles. The monoisotopic (exact) mass is 301 g/mol. The van der Waals surface area contributed by atoms with Crippen LogP contribution in [0.15, 0.2) is 23.1 Å². The minimum absolute atomic E-state index is 0.138. The van der Waals surface area contributed by atoms with E-state index in [0.717, 1.165) is 31.9 Å². The molecule has 1 aromatic rings. The summed E-state index contributed by atoms with van der Waals surface area (Å²) >= 11 is 0. The number of nitrogens with one attached hydrogen (secondary N) is 1. The Morgan fingerprint density at radius 1 is 1.45 bits per heavy atom. The lowest BCUT2D eigenvalue weighted by Gasteiger charge is -2.22. The van der Waals surface area contributed by atoms with Gasteiger partial charge in [0.25, 0.3) is 0 Å². The molecule has 1 fully saturated rings. The lowest BCUT2D eigenvalue weighted by atomic mass is 9.99. The Kier molecular flexibility index (Phi) is 5.12. The van der Waals surface area contributed by atoms with E-state index in [2.05, 4.69) is 4.72 Å². The summed E-state index contributed by atoms with van der Waals surface area (Å²) < 4.78 is 45.2. The Morgan fingerprint density at radius 3 is 2.90 bits per heavy atom. The Bertz CT molecular complexity index is 554. The number of ether oxygens (including phenoxy) is 1. The van der Waals surface area contributed by atoms with Crippen LogP contribution in [0.5, 0.6) is 0 Å². The second-order valence-corrected chi connectivity index (χ2v) is 6.91. The Morgan fingerprint density at radius 2 is 2.25 bits per heavy atom. The molecule has 1 saturated heterocycles. The number of hydrogen-bond acceptors (Lipinski definition) is 3. The van der Waals surface area contributed by atoms with Gasteiger partial charge in [-0.2, -0.15) is 0 Å². The van der Waals surface area contributed by atoms with Gasteiger partial charge in [-0.1, -0.05) is 0 Å². The van der Waals surface area contributed by atoms with Gasteiger partial charge in [-0.15, -0.1) is 0 Å². The van der Waals surface area contributed by atoms with E-state index in [9.17, 15) is 12.8 Å². The number of hydrogen-bond donors (Lipinski definition) is 1. The van der Waals surface area contributed by atoms with Gasteiger partial charge in [-0.3, -0.25) is 0 Å². The number of sulfonamides is 1. The highest BCUT2D eigenvalue weighted by Gasteiger charge is 2.18. The van der Waals surface area contributed by atoms with Crippen LogP contribution in [0.25, 0.3) is 0 Å². The summed E-state index contributed by atoms with van der Waals surface area (Å²) in [5.41, 5.74) is 0.415. The third-order valence-electron chi connectivity index (χ3n) is 3.53. The third kappa shape index (κ3) is 4.01. The van der Waals surface area contributed by atoms with E-state index >= 15 is 0 Å². The average molecular weight is 301 g/mol. The zero-order valence-corrected chi connectivity index (χ0v) is 12.4. The molecular formula is C14H20FNO3S. The van der Waals surface area contributed by atoms with Gasteiger partial charge in [0.1, 0.15) is 5.82 Å². The molecule has 4 nitrogen and oxygen atoms in total. The van der Waals surface area contributed by atoms with Crippen LogP contribution in [0.3, 0.4) is 0 Å². The molecule has 0 saturated carbocycles. The first-order chi connectivity index (χ1) is 9.49. The quantitative estimate of drug-likeness (QED) is 0.907. The van der Waals surface area contributed by atoms with Gasteiger partial charge in [-0.25, -0.2) is 17.5 Å². The normalized spacial score (nSPS) is 20.0. The van der Waals surface area contributed by atoms with E-state index in [1.807, 2.05) is 0 Å². The van der Waals surface area contributed by atoms with Crippen LogP contribution < -0.4 is 4.72 Å². The molecule has 1 aromatic carbocycles. The molecule has 2 rings (SSSR count). The van der Waals surface area contributed by atoms with E-state index in [0.29, 0.717) is 24.6 Å². The molecule has 1 atom stereocenters. The molecule has 0 aliphatic carbocycles. The van der Waals surface area contributed by atoms with Crippen molar-refractivity contribution in [2.24, 2.45) is 5.92 Å². The SMILES string of the molecule is Cc1cc(F)ccc1S(=O)(=O)NCCC1CCCOC1.